The standard InChI is InChI=1S/C33H44ClN3O9Si/c1-39-27(38)12-14-41-22-10-8-21(9-11-22)29-23(34)17-24-32(35-29)36-33(37(24)20-40-15-16-47(2,3)4)46-26-19-44-30-25(18-43-31(26)30)45-28-7-5-6-13-42-28/h8-11,17,25-26,28,30-31H,5-7,12-16,18-20H2,1-4H3/t25-,26-,28?,30-,31-/m1/s1. The van der Waals surface area contributed by atoms with Crippen LogP contribution in [-0.4, -0.2) is 99.4 Å². The predicted octanol–water partition coefficient (Wildman–Crippen LogP) is 5.46. The van der Waals surface area contributed by atoms with Gasteiger partial charge in [-0.05, 0) is 55.6 Å². The molecule has 256 valence electrons. The number of fused-ring (bicyclic) bond motifs is 2. The van der Waals surface area contributed by atoms with Gasteiger partial charge in [0.2, 0.25) is 0 Å². The molecular formula is C33H44ClN3O9Si. The average Bonchev–Trinajstić information content (AvgIpc) is 3.74. The lowest BCUT2D eigenvalue weighted by atomic mass is 10.1. The monoisotopic (exact) mass is 689 g/mol. The largest absolute Gasteiger partial charge is 0.493 e. The summed E-state index contributed by atoms with van der Waals surface area (Å²) >= 11 is 6.83. The molecule has 47 heavy (non-hydrogen) atoms. The third-order valence-electron chi connectivity index (χ3n) is 8.49. The van der Waals surface area contributed by atoms with Crippen molar-refractivity contribution in [3.8, 4) is 23.0 Å². The highest BCUT2D eigenvalue weighted by Crippen LogP contribution is 2.36. The van der Waals surface area contributed by atoms with Crippen LogP contribution in [0, 0.1) is 0 Å². The number of hydrogen-bond donors (Lipinski definition) is 0. The minimum atomic E-state index is -1.28. The van der Waals surface area contributed by atoms with Crippen LogP contribution in [0.2, 0.25) is 30.7 Å². The molecule has 5 atom stereocenters. The summed E-state index contributed by atoms with van der Waals surface area (Å²) in [6.45, 7) is 9.52. The minimum absolute atomic E-state index is 0.168. The Hall–Kier alpha value is -2.78. The maximum atomic E-state index is 11.4. The van der Waals surface area contributed by atoms with Crippen molar-refractivity contribution in [3.05, 3.63) is 35.4 Å². The fourth-order valence-electron chi connectivity index (χ4n) is 5.81. The number of imidazole rings is 1. The predicted molar refractivity (Wildman–Crippen MR) is 177 cm³/mol. The van der Waals surface area contributed by atoms with E-state index in [-0.39, 0.29) is 56.4 Å². The summed E-state index contributed by atoms with van der Waals surface area (Å²) in [4.78, 5) is 21.0. The summed E-state index contributed by atoms with van der Waals surface area (Å²) < 4.78 is 49.2. The van der Waals surface area contributed by atoms with E-state index in [1.807, 2.05) is 34.9 Å². The van der Waals surface area contributed by atoms with Crippen molar-refractivity contribution in [3.63, 3.8) is 0 Å². The van der Waals surface area contributed by atoms with Crippen LogP contribution in [0.5, 0.6) is 11.8 Å². The summed E-state index contributed by atoms with van der Waals surface area (Å²) in [6.07, 6.45) is 1.82. The molecule has 14 heteroatoms. The van der Waals surface area contributed by atoms with Crippen LogP contribution < -0.4 is 9.47 Å². The summed E-state index contributed by atoms with van der Waals surface area (Å²) in [5.41, 5.74) is 2.54. The van der Waals surface area contributed by atoms with E-state index >= 15 is 0 Å². The van der Waals surface area contributed by atoms with Gasteiger partial charge in [-0.3, -0.25) is 9.36 Å². The number of carbonyl (C=O) groups excluding carboxylic acids is 1. The van der Waals surface area contributed by atoms with Gasteiger partial charge in [-0.15, -0.1) is 0 Å². The lowest BCUT2D eigenvalue weighted by molar-refractivity contribution is -0.202. The van der Waals surface area contributed by atoms with Crippen molar-refractivity contribution in [2.24, 2.45) is 0 Å². The number of rotatable bonds is 14. The molecule has 6 rings (SSSR count). The van der Waals surface area contributed by atoms with Gasteiger partial charge in [0.05, 0.1) is 49.6 Å². The van der Waals surface area contributed by atoms with Crippen molar-refractivity contribution < 1.29 is 42.7 Å². The van der Waals surface area contributed by atoms with Crippen molar-refractivity contribution in [2.75, 3.05) is 40.1 Å². The number of nitrogens with zero attached hydrogens (tertiary/aromatic N) is 3. The third-order valence-corrected chi connectivity index (χ3v) is 10.5. The Labute approximate surface area is 280 Å². The SMILES string of the molecule is COC(=O)CCOc1ccc(-c2nc3nc(O[C@@H]4CO[C@H]5[C@@H]4OC[C@H]5OC4CCCCO4)n(COCC[Si](C)(C)C)c3cc2Cl)cc1. The zero-order chi connectivity index (χ0) is 33.0. The number of aromatic nitrogens is 3. The molecule has 3 saturated heterocycles. The van der Waals surface area contributed by atoms with E-state index in [1.54, 1.807) is 0 Å². The number of pyridine rings is 1. The Kier molecular flexibility index (Phi) is 11.0. The summed E-state index contributed by atoms with van der Waals surface area (Å²) in [6, 6.07) is 10.6. The zero-order valence-electron chi connectivity index (χ0n) is 27.4. The molecule has 3 aliphatic heterocycles. The van der Waals surface area contributed by atoms with Crippen LogP contribution in [0.3, 0.4) is 0 Å². The number of halogens is 1. The van der Waals surface area contributed by atoms with Crippen LogP contribution in [-0.2, 0) is 39.9 Å². The van der Waals surface area contributed by atoms with Crippen LogP contribution in [0.1, 0.15) is 25.7 Å². The molecule has 0 N–H and O–H groups in total. The van der Waals surface area contributed by atoms with Gasteiger partial charge in [-0.2, -0.15) is 4.98 Å². The van der Waals surface area contributed by atoms with Crippen molar-refractivity contribution in [1.82, 2.24) is 14.5 Å². The lowest BCUT2D eigenvalue weighted by Gasteiger charge is -2.27. The van der Waals surface area contributed by atoms with Gasteiger partial charge in [-0.25, -0.2) is 4.98 Å². The van der Waals surface area contributed by atoms with Crippen LogP contribution >= 0.6 is 11.6 Å². The molecule has 3 fully saturated rings. The quantitative estimate of drug-likeness (QED) is 0.122. The smallest absolute Gasteiger partial charge is 0.308 e. The van der Waals surface area contributed by atoms with Crippen LogP contribution in [0.15, 0.2) is 30.3 Å². The minimum Gasteiger partial charge on any atom is -0.493 e. The Morgan fingerprint density at radius 2 is 1.79 bits per heavy atom. The first-order chi connectivity index (χ1) is 22.7. The first kappa shape index (κ1) is 34.1. The molecule has 0 amide bonds. The molecule has 3 aliphatic rings. The number of methoxy groups -OCH3 is 1. The van der Waals surface area contributed by atoms with E-state index in [1.165, 1.54) is 7.11 Å². The molecule has 5 heterocycles. The van der Waals surface area contributed by atoms with Gasteiger partial charge in [0.15, 0.2) is 18.0 Å². The number of ether oxygens (including phenoxy) is 8. The molecule has 0 spiro atoms. The second-order valence-electron chi connectivity index (χ2n) is 13.3. The summed E-state index contributed by atoms with van der Waals surface area (Å²) in [7, 11) is 0.0686. The number of carbonyl (C=O) groups is 1. The number of esters is 1. The fraction of sp³-hybridized carbons (Fsp3) is 0.606. The van der Waals surface area contributed by atoms with Gasteiger partial charge in [0.1, 0.15) is 30.8 Å². The van der Waals surface area contributed by atoms with E-state index in [4.69, 9.17) is 54.7 Å². The molecule has 0 aliphatic carbocycles. The molecule has 2 aromatic heterocycles. The van der Waals surface area contributed by atoms with Gasteiger partial charge in [0, 0.05) is 26.9 Å². The number of benzene rings is 1. The molecule has 0 bridgehead atoms. The normalized spacial score (nSPS) is 24.4. The molecule has 0 saturated carbocycles. The molecule has 0 radical (unpaired) electrons. The Morgan fingerprint density at radius 3 is 2.51 bits per heavy atom. The summed E-state index contributed by atoms with van der Waals surface area (Å²) in [5.74, 6) is 0.296. The maximum absolute atomic E-state index is 11.4. The van der Waals surface area contributed by atoms with E-state index < -0.39 is 8.07 Å². The molecule has 12 nitrogen and oxygen atoms in total. The molecular weight excluding hydrogens is 646 g/mol. The number of hydrogen-bond acceptors (Lipinski definition) is 11. The second-order valence-corrected chi connectivity index (χ2v) is 19.3. The summed E-state index contributed by atoms with van der Waals surface area (Å²) in [5, 5.41) is 0.458. The van der Waals surface area contributed by atoms with Gasteiger partial charge in [-0.1, -0.05) is 31.2 Å². The third kappa shape index (κ3) is 8.45. The van der Waals surface area contributed by atoms with Gasteiger partial charge >= 0.3 is 12.0 Å². The lowest BCUT2D eigenvalue weighted by Crippen LogP contribution is -2.38. The van der Waals surface area contributed by atoms with Crippen LogP contribution in [0.25, 0.3) is 22.4 Å². The Balaban J connectivity index is 1.20. The van der Waals surface area contributed by atoms with Gasteiger partial charge in [0.25, 0.3) is 0 Å². The fourth-order valence-corrected chi connectivity index (χ4v) is 6.83. The van der Waals surface area contributed by atoms with Crippen LogP contribution in [0.4, 0.5) is 0 Å². The maximum Gasteiger partial charge on any atom is 0.308 e. The molecule has 1 aromatic carbocycles. The van der Waals surface area contributed by atoms with E-state index in [9.17, 15) is 4.79 Å². The Morgan fingerprint density at radius 1 is 1.02 bits per heavy atom. The molecule has 3 aromatic rings. The van der Waals surface area contributed by atoms with E-state index in [2.05, 4.69) is 24.4 Å². The highest BCUT2D eigenvalue weighted by Gasteiger charge is 2.50. The second kappa shape index (κ2) is 15.2. The van der Waals surface area contributed by atoms with Crippen molar-refractivity contribution in [2.45, 2.75) is 88.8 Å². The zero-order valence-corrected chi connectivity index (χ0v) is 29.2. The average molecular weight is 690 g/mol. The highest BCUT2D eigenvalue weighted by molar-refractivity contribution is 6.76. The Bertz CT molecular complexity index is 1510. The van der Waals surface area contributed by atoms with Crippen molar-refractivity contribution >= 4 is 36.8 Å². The first-order valence-electron chi connectivity index (χ1n) is 16.3. The van der Waals surface area contributed by atoms with E-state index in [0.717, 1.165) is 30.9 Å². The van der Waals surface area contributed by atoms with E-state index in [0.29, 0.717) is 60.1 Å². The van der Waals surface area contributed by atoms with Gasteiger partial charge < -0.3 is 37.9 Å². The highest BCUT2D eigenvalue weighted by atomic mass is 35.5. The first-order valence-corrected chi connectivity index (χ1v) is 20.4. The molecule has 1 unspecified atom stereocenters. The van der Waals surface area contributed by atoms with Crippen molar-refractivity contribution in [1.29, 1.82) is 0 Å². The topological polar surface area (TPSA) is 122 Å².